The highest BCUT2D eigenvalue weighted by atomic mass is 35.5. The van der Waals surface area contributed by atoms with E-state index < -0.39 is 6.04 Å². The van der Waals surface area contributed by atoms with E-state index in [1.165, 1.54) is 16.7 Å². The molecule has 0 bridgehead atoms. The van der Waals surface area contributed by atoms with Gasteiger partial charge in [-0.05, 0) is 36.8 Å². The number of benzene rings is 1. The number of amides is 2. The summed E-state index contributed by atoms with van der Waals surface area (Å²) in [6.07, 6.45) is 1.89. The number of halogens is 1. The number of aryl methyl sites for hydroxylation is 2. The van der Waals surface area contributed by atoms with Gasteiger partial charge in [0.1, 0.15) is 0 Å². The Morgan fingerprint density at radius 2 is 2.04 bits per heavy atom. The molecule has 23 heavy (non-hydrogen) atoms. The summed E-state index contributed by atoms with van der Waals surface area (Å²) in [5.74, 6) is -0.414. The molecule has 2 rings (SSSR count). The Hall–Kier alpha value is -1.59. The number of fused-ring (bicyclic) bond motifs is 1. The lowest BCUT2D eigenvalue weighted by Crippen LogP contribution is -2.47. The topological polar surface area (TPSA) is 84.2 Å². The fourth-order valence-electron chi connectivity index (χ4n) is 2.73. The molecule has 0 saturated heterocycles. The van der Waals surface area contributed by atoms with E-state index in [0.717, 1.165) is 12.8 Å². The number of hydrogen-bond donors (Lipinski definition) is 3. The summed E-state index contributed by atoms with van der Waals surface area (Å²) in [5, 5.41) is 5.58. The molecule has 4 N–H and O–H groups in total. The largest absolute Gasteiger partial charge is 0.348 e. The van der Waals surface area contributed by atoms with E-state index in [9.17, 15) is 9.59 Å². The van der Waals surface area contributed by atoms with Crippen molar-refractivity contribution in [2.75, 3.05) is 6.54 Å². The smallest absolute Gasteiger partial charge is 0.239 e. The van der Waals surface area contributed by atoms with Crippen molar-refractivity contribution in [1.29, 1.82) is 0 Å². The van der Waals surface area contributed by atoms with Crippen molar-refractivity contribution in [1.82, 2.24) is 10.6 Å². The molecule has 128 valence electrons. The SMILES string of the molecule is Cc1ccc2c(c1)CCC2NC(=O)CNC(=O)[C@@H](N)C(C)C.Cl. The van der Waals surface area contributed by atoms with Gasteiger partial charge in [-0.3, -0.25) is 9.59 Å². The molecule has 1 aromatic carbocycles. The molecule has 1 unspecified atom stereocenters. The minimum Gasteiger partial charge on any atom is -0.348 e. The van der Waals surface area contributed by atoms with Crippen LogP contribution < -0.4 is 16.4 Å². The number of hydrogen-bond acceptors (Lipinski definition) is 3. The summed E-state index contributed by atoms with van der Waals surface area (Å²) in [4.78, 5) is 23.8. The van der Waals surface area contributed by atoms with Gasteiger partial charge < -0.3 is 16.4 Å². The summed E-state index contributed by atoms with van der Waals surface area (Å²) in [5.41, 5.74) is 9.47. The number of nitrogens with one attached hydrogen (secondary N) is 2. The van der Waals surface area contributed by atoms with Crippen LogP contribution in [0.25, 0.3) is 0 Å². The predicted molar refractivity (Wildman–Crippen MR) is 93.5 cm³/mol. The van der Waals surface area contributed by atoms with E-state index in [2.05, 4.69) is 35.8 Å². The lowest BCUT2D eigenvalue weighted by molar-refractivity contribution is -0.127. The molecule has 0 spiro atoms. The second-order valence-electron chi connectivity index (χ2n) is 6.35. The van der Waals surface area contributed by atoms with Crippen molar-refractivity contribution in [3.8, 4) is 0 Å². The Bertz CT molecular complexity index is 575. The zero-order chi connectivity index (χ0) is 16.3. The van der Waals surface area contributed by atoms with Gasteiger partial charge in [0.05, 0.1) is 18.6 Å². The minimum atomic E-state index is -0.581. The number of carbonyl (C=O) groups is 2. The van der Waals surface area contributed by atoms with Crippen LogP contribution in [0.15, 0.2) is 18.2 Å². The fraction of sp³-hybridized carbons (Fsp3) is 0.529. The Kier molecular flexibility index (Phi) is 7.03. The molecule has 1 aliphatic carbocycles. The Morgan fingerprint density at radius 3 is 2.70 bits per heavy atom. The molecular formula is C17H26ClN3O2. The average Bonchev–Trinajstić information content (AvgIpc) is 2.85. The molecule has 0 saturated carbocycles. The van der Waals surface area contributed by atoms with Crippen LogP contribution in [-0.2, 0) is 16.0 Å². The van der Waals surface area contributed by atoms with E-state index in [1.807, 2.05) is 13.8 Å². The predicted octanol–water partition coefficient (Wildman–Crippen LogP) is 1.62. The van der Waals surface area contributed by atoms with Crippen LogP contribution >= 0.6 is 12.4 Å². The van der Waals surface area contributed by atoms with Crippen molar-refractivity contribution >= 4 is 24.2 Å². The maximum Gasteiger partial charge on any atom is 0.239 e. The molecule has 1 aromatic rings. The highest BCUT2D eigenvalue weighted by Gasteiger charge is 2.24. The van der Waals surface area contributed by atoms with Crippen molar-refractivity contribution in [2.45, 2.75) is 45.7 Å². The lowest BCUT2D eigenvalue weighted by Gasteiger charge is -2.17. The lowest BCUT2D eigenvalue weighted by atomic mass is 10.0. The zero-order valence-electron chi connectivity index (χ0n) is 13.9. The standard InChI is InChI=1S/C17H25N3O2.ClH/c1-10(2)16(18)17(22)19-9-15(21)20-14-7-5-12-8-11(3)4-6-13(12)14;/h4,6,8,10,14,16H,5,7,9,18H2,1-3H3,(H,19,22)(H,20,21);1H/t14?,16-;/m0./s1. The van der Waals surface area contributed by atoms with Crippen LogP contribution in [0.1, 0.15) is 43.0 Å². The van der Waals surface area contributed by atoms with E-state index >= 15 is 0 Å². The molecular weight excluding hydrogens is 314 g/mol. The van der Waals surface area contributed by atoms with Gasteiger partial charge in [-0.15, -0.1) is 12.4 Å². The van der Waals surface area contributed by atoms with Crippen LogP contribution in [0.2, 0.25) is 0 Å². The van der Waals surface area contributed by atoms with Gasteiger partial charge in [-0.2, -0.15) is 0 Å². The van der Waals surface area contributed by atoms with E-state index in [1.54, 1.807) is 0 Å². The highest BCUT2D eigenvalue weighted by molar-refractivity contribution is 5.87. The van der Waals surface area contributed by atoms with Gasteiger partial charge in [0, 0.05) is 0 Å². The summed E-state index contributed by atoms with van der Waals surface area (Å²) >= 11 is 0. The number of nitrogens with two attached hydrogens (primary N) is 1. The van der Waals surface area contributed by atoms with Gasteiger partial charge in [-0.1, -0.05) is 37.6 Å². The number of rotatable bonds is 5. The molecule has 1 aliphatic rings. The van der Waals surface area contributed by atoms with E-state index in [4.69, 9.17) is 5.73 Å². The molecule has 2 amide bonds. The maximum atomic E-state index is 12.0. The first kappa shape index (κ1) is 19.5. The monoisotopic (exact) mass is 339 g/mol. The third-order valence-corrected chi connectivity index (χ3v) is 4.16. The van der Waals surface area contributed by atoms with Crippen LogP contribution in [0, 0.1) is 12.8 Å². The van der Waals surface area contributed by atoms with E-state index in [-0.39, 0.29) is 42.7 Å². The third-order valence-electron chi connectivity index (χ3n) is 4.16. The van der Waals surface area contributed by atoms with Gasteiger partial charge >= 0.3 is 0 Å². The van der Waals surface area contributed by atoms with Crippen molar-refractivity contribution < 1.29 is 9.59 Å². The van der Waals surface area contributed by atoms with Crippen LogP contribution in [0.3, 0.4) is 0 Å². The van der Waals surface area contributed by atoms with E-state index in [0.29, 0.717) is 0 Å². The highest BCUT2D eigenvalue weighted by Crippen LogP contribution is 2.31. The minimum absolute atomic E-state index is 0. The molecule has 0 heterocycles. The molecule has 6 heteroatoms. The number of carbonyl (C=O) groups excluding carboxylic acids is 2. The van der Waals surface area contributed by atoms with Gasteiger partial charge in [0.15, 0.2) is 0 Å². The first-order valence-corrected chi connectivity index (χ1v) is 7.80. The second-order valence-corrected chi connectivity index (χ2v) is 6.35. The average molecular weight is 340 g/mol. The first-order valence-electron chi connectivity index (χ1n) is 7.80. The summed E-state index contributed by atoms with van der Waals surface area (Å²) < 4.78 is 0. The summed E-state index contributed by atoms with van der Waals surface area (Å²) in [6, 6.07) is 5.77. The summed E-state index contributed by atoms with van der Waals surface area (Å²) in [7, 11) is 0. The Balaban J connectivity index is 0.00000264. The molecule has 0 aliphatic heterocycles. The zero-order valence-corrected chi connectivity index (χ0v) is 14.7. The molecule has 5 nitrogen and oxygen atoms in total. The third kappa shape index (κ3) is 4.94. The first-order chi connectivity index (χ1) is 10.4. The van der Waals surface area contributed by atoms with Crippen molar-refractivity contribution in [3.05, 3.63) is 34.9 Å². The maximum absolute atomic E-state index is 12.0. The quantitative estimate of drug-likeness (QED) is 0.762. The molecule has 0 aromatic heterocycles. The molecule has 0 fully saturated rings. The van der Waals surface area contributed by atoms with Crippen LogP contribution in [-0.4, -0.2) is 24.4 Å². The summed E-state index contributed by atoms with van der Waals surface area (Å²) in [6.45, 7) is 5.79. The van der Waals surface area contributed by atoms with Gasteiger partial charge in [-0.25, -0.2) is 0 Å². The Morgan fingerprint density at radius 1 is 1.35 bits per heavy atom. The van der Waals surface area contributed by atoms with Crippen molar-refractivity contribution in [3.63, 3.8) is 0 Å². The molecule has 0 radical (unpaired) electrons. The Labute approximate surface area is 143 Å². The van der Waals surface area contributed by atoms with Gasteiger partial charge in [0.25, 0.3) is 0 Å². The van der Waals surface area contributed by atoms with Gasteiger partial charge in [0.2, 0.25) is 11.8 Å². The molecule has 2 atom stereocenters. The van der Waals surface area contributed by atoms with Crippen molar-refractivity contribution in [2.24, 2.45) is 11.7 Å². The normalized spacial score (nSPS) is 17.2. The van der Waals surface area contributed by atoms with Crippen LogP contribution in [0.5, 0.6) is 0 Å². The second kappa shape index (κ2) is 8.31. The van der Waals surface area contributed by atoms with Crippen LogP contribution in [0.4, 0.5) is 0 Å². The fourth-order valence-corrected chi connectivity index (χ4v) is 2.73.